The van der Waals surface area contributed by atoms with Crippen molar-refractivity contribution in [2.75, 3.05) is 5.32 Å². The van der Waals surface area contributed by atoms with Crippen LogP contribution in [0.15, 0.2) is 42.0 Å². The predicted octanol–water partition coefficient (Wildman–Crippen LogP) is 5.50. The average molecular weight is 366 g/mol. The van der Waals surface area contributed by atoms with E-state index in [0.29, 0.717) is 26.3 Å². The molecule has 3 nitrogen and oxygen atoms in total. The molecule has 0 spiro atoms. The van der Waals surface area contributed by atoms with Gasteiger partial charge in [-0.3, -0.25) is 4.79 Å². The molecule has 2 aromatic rings. The van der Waals surface area contributed by atoms with Crippen molar-refractivity contribution < 1.29 is 4.79 Å². The number of hydrogen-bond acceptors (Lipinski definition) is 2. The van der Waals surface area contributed by atoms with Crippen LogP contribution in [0.4, 0.5) is 5.69 Å². The van der Waals surface area contributed by atoms with Crippen molar-refractivity contribution in [3.63, 3.8) is 0 Å². The van der Waals surface area contributed by atoms with Gasteiger partial charge < -0.3 is 5.32 Å². The lowest BCUT2D eigenvalue weighted by molar-refractivity contribution is -0.112. The zero-order chi connectivity index (χ0) is 17.0. The van der Waals surface area contributed by atoms with Crippen LogP contribution in [-0.2, 0) is 4.79 Å². The van der Waals surface area contributed by atoms with Crippen LogP contribution < -0.4 is 5.32 Å². The molecule has 0 aliphatic rings. The van der Waals surface area contributed by atoms with Gasteiger partial charge in [0.25, 0.3) is 5.91 Å². The number of rotatable bonds is 3. The molecule has 0 heterocycles. The van der Waals surface area contributed by atoms with Crippen LogP contribution in [0.25, 0.3) is 6.08 Å². The molecule has 0 fully saturated rings. The maximum absolute atomic E-state index is 12.2. The molecule has 2 rings (SSSR count). The predicted molar refractivity (Wildman–Crippen MR) is 94.9 cm³/mol. The van der Waals surface area contributed by atoms with E-state index in [4.69, 9.17) is 34.8 Å². The first-order valence-corrected chi connectivity index (χ1v) is 7.68. The van der Waals surface area contributed by atoms with Gasteiger partial charge in [0.1, 0.15) is 11.6 Å². The van der Waals surface area contributed by atoms with Crippen LogP contribution in [-0.4, -0.2) is 5.91 Å². The number of nitrogens with zero attached hydrogens (tertiary/aromatic N) is 1. The highest BCUT2D eigenvalue weighted by atomic mass is 35.5. The minimum atomic E-state index is -0.543. The Morgan fingerprint density at radius 3 is 2.48 bits per heavy atom. The number of amides is 1. The van der Waals surface area contributed by atoms with Crippen LogP contribution in [0.3, 0.4) is 0 Å². The van der Waals surface area contributed by atoms with Gasteiger partial charge in [0.2, 0.25) is 0 Å². The van der Waals surface area contributed by atoms with Gasteiger partial charge >= 0.3 is 0 Å². The highest BCUT2D eigenvalue weighted by Crippen LogP contribution is 2.24. The van der Waals surface area contributed by atoms with E-state index in [-0.39, 0.29) is 5.57 Å². The Balaban J connectivity index is 2.26. The van der Waals surface area contributed by atoms with Crippen molar-refractivity contribution in [2.24, 2.45) is 0 Å². The van der Waals surface area contributed by atoms with Gasteiger partial charge in [0.05, 0.1) is 0 Å². The highest BCUT2D eigenvalue weighted by Gasteiger charge is 2.11. The first-order chi connectivity index (χ1) is 10.9. The molecule has 0 bridgehead atoms. The van der Waals surface area contributed by atoms with Crippen molar-refractivity contribution in [3.8, 4) is 6.07 Å². The fraction of sp³-hybridized carbons (Fsp3) is 0.0588. The third kappa shape index (κ3) is 4.49. The average Bonchev–Trinajstić information content (AvgIpc) is 2.50. The van der Waals surface area contributed by atoms with E-state index < -0.39 is 5.91 Å². The van der Waals surface area contributed by atoms with Crippen LogP contribution >= 0.6 is 34.8 Å². The molecule has 1 N–H and O–H groups in total. The standard InChI is InChI=1S/C17H11Cl3N2O/c1-10-2-5-14(8-15(10)19)22-17(23)12(9-21)6-11-3-4-13(18)7-16(11)20/h2-8H,1H3,(H,22,23)/b12-6+. The number of nitrogens with one attached hydrogen (secondary N) is 1. The zero-order valence-electron chi connectivity index (χ0n) is 12.0. The third-order valence-corrected chi connectivity index (χ3v) is 4.03. The summed E-state index contributed by atoms with van der Waals surface area (Å²) in [6, 6.07) is 11.8. The second-order valence-corrected chi connectivity index (χ2v) is 6.00. The Morgan fingerprint density at radius 2 is 1.87 bits per heavy atom. The number of aryl methyl sites for hydroxylation is 1. The summed E-state index contributed by atoms with van der Waals surface area (Å²) in [4.78, 5) is 12.2. The van der Waals surface area contributed by atoms with Crippen molar-refractivity contribution in [1.82, 2.24) is 0 Å². The van der Waals surface area contributed by atoms with Gasteiger partial charge in [-0.2, -0.15) is 5.26 Å². The highest BCUT2D eigenvalue weighted by molar-refractivity contribution is 6.35. The summed E-state index contributed by atoms with van der Waals surface area (Å²) in [6.07, 6.45) is 1.41. The Bertz CT molecular complexity index is 838. The van der Waals surface area contributed by atoms with E-state index in [0.717, 1.165) is 5.56 Å². The van der Waals surface area contributed by atoms with Crippen molar-refractivity contribution in [3.05, 3.63) is 68.2 Å². The summed E-state index contributed by atoms with van der Waals surface area (Å²) >= 11 is 17.9. The summed E-state index contributed by atoms with van der Waals surface area (Å²) in [5, 5.41) is 13.2. The van der Waals surface area contributed by atoms with E-state index in [1.807, 2.05) is 13.0 Å². The Morgan fingerprint density at radius 1 is 1.13 bits per heavy atom. The number of nitriles is 1. The number of carbonyl (C=O) groups excluding carboxylic acids is 1. The van der Waals surface area contributed by atoms with E-state index in [1.165, 1.54) is 6.08 Å². The van der Waals surface area contributed by atoms with E-state index >= 15 is 0 Å². The van der Waals surface area contributed by atoms with Gasteiger partial charge in [-0.15, -0.1) is 0 Å². The van der Waals surface area contributed by atoms with Crippen molar-refractivity contribution >= 4 is 52.5 Å². The first kappa shape index (κ1) is 17.4. The van der Waals surface area contributed by atoms with E-state index in [1.54, 1.807) is 36.4 Å². The topological polar surface area (TPSA) is 52.9 Å². The molecule has 0 unspecified atom stereocenters. The summed E-state index contributed by atoms with van der Waals surface area (Å²) in [5.74, 6) is -0.543. The van der Waals surface area contributed by atoms with E-state index in [2.05, 4.69) is 5.32 Å². The van der Waals surface area contributed by atoms with E-state index in [9.17, 15) is 10.1 Å². The summed E-state index contributed by atoms with van der Waals surface area (Å²) in [6.45, 7) is 1.86. The number of carbonyl (C=O) groups is 1. The van der Waals surface area contributed by atoms with Gasteiger partial charge in [-0.25, -0.2) is 0 Å². The Kier molecular flexibility index (Phi) is 5.68. The molecule has 0 saturated heterocycles. The molecule has 2 aromatic carbocycles. The molecule has 0 aliphatic heterocycles. The lowest BCUT2D eigenvalue weighted by atomic mass is 10.1. The fourth-order valence-corrected chi connectivity index (χ4v) is 2.44. The monoisotopic (exact) mass is 364 g/mol. The molecule has 0 atom stereocenters. The Labute approximate surface area is 149 Å². The van der Waals surface area contributed by atoms with Crippen LogP contribution in [0.1, 0.15) is 11.1 Å². The number of halogens is 3. The quantitative estimate of drug-likeness (QED) is 0.576. The number of hydrogen-bond donors (Lipinski definition) is 1. The van der Waals surface area contributed by atoms with Gasteiger partial charge in [0.15, 0.2) is 0 Å². The SMILES string of the molecule is Cc1ccc(NC(=O)/C(C#N)=C/c2ccc(Cl)cc2Cl)cc1Cl. The normalized spacial score (nSPS) is 11.0. The molecule has 0 aliphatic carbocycles. The summed E-state index contributed by atoms with van der Waals surface area (Å²) in [7, 11) is 0. The maximum Gasteiger partial charge on any atom is 0.266 e. The van der Waals surface area contributed by atoms with Crippen molar-refractivity contribution in [2.45, 2.75) is 6.92 Å². The number of benzene rings is 2. The number of anilines is 1. The molecule has 1 amide bonds. The second kappa shape index (κ2) is 7.52. The zero-order valence-corrected chi connectivity index (χ0v) is 14.3. The third-order valence-electron chi connectivity index (χ3n) is 3.06. The van der Waals surface area contributed by atoms with Crippen LogP contribution in [0.2, 0.25) is 15.1 Å². The molecule has 116 valence electrons. The van der Waals surface area contributed by atoms with Gasteiger partial charge in [-0.05, 0) is 48.4 Å². The van der Waals surface area contributed by atoms with Gasteiger partial charge in [-0.1, -0.05) is 46.9 Å². The second-order valence-electron chi connectivity index (χ2n) is 4.75. The minimum Gasteiger partial charge on any atom is -0.321 e. The maximum atomic E-state index is 12.2. The van der Waals surface area contributed by atoms with Crippen molar-refractivity contribution in [1.29, 1.82) is 5.26 Å². The van der Waals surface area contributed by atoms with Crippen LogP contribution in [0, 0.1) is 18.3 Å². The molecule has 6 heteroatoms. The summed E-state index contributed by atoms with van der Waals surface area (Å²) < 4.78 is 0. The van der Waals surface area contributed by atoms with Crippen LogP contribution in [0.5, 0.6) is 0 Å². The molecular weight excluding hydrogens is 355 g/mol. The molecule has 0 saturated carbocycles. The van der Waals surface area contributed by atoms with Gasteiger partial charge in [0, 0.05) is 20.8 Å². The fourth-order valence-electron chi connectivity index (χ4n) is 1.79. The molecular formula is C17H11Cl3N2O. The lowest BCUT2D eigenvalue weighted by Gasteiger charge is -2.06. The molecule has 23 heavy (non-hydrogen) atoms. The lowest BCUT2D eigenvalue weighted by Crippen LogP contribution is -2.13. The largest absolute Gasteiger partial charge is 0.321 e. The molecule has 0 radical (unpaired) electrons. The summed E-state index contributed by atoms with van der Waals surface area (Å²) in [5.41, 5.74) is 1.86. The minimum absolute atomic E-state index is 0.0779. The first-order valence-electron chi connectivity index (χ1n) is 6.55. The smallest absolute Gasteiger partial charge is 0.266 e. The molecule has 0 aromatic heterocycles. The Hall–Kier alpha value is -1.99.